The second-order valence-corrected chi connectivity index (χ2v) is 4.49. The van der Waals surface area contributed by atoms with Crippen molar-refractivity contribution in [2.24, 2.45) is 0 Å². The van der Waals surface area contributed by atoms with Crippen molar-refractivity contribution in [1.29, 1.82) is 0 Å². The molecule has 1 aromatic rings. The summed E-state index contributed by atoms with van der Waals surface area (Å²) in [5.41, 5.74) is 0.723. The van der Waals surface area contributed by atoms with Crippen LogP contribution in [0.2, 0.25) is 5.02 Å². The summed E-state index contributed by atoms with van der Waals surface area (Å²) < 4.78 is 10.4. The highest BCUT2D eigenvalue weighted by atomic mass is 35.5. The molecule has 2 N–H and O–H groups in total. The van der Waals surface area contributed by atoms with Gasteiger partial charge in [-0.25, -0.2) is 4.79 Å². The van der Waals surface area contributed by atoms with Crippen LogP contribution in [-0.4, -0.2) is 30.5 Å². The lowest BCUT2D eigenvalue weighted by Crippen LogP contribution is -2.22. The Hall–Kier alpha value is -1.46. The van der Waals surface area contributed by atoms with Crippen LogP contribution >= 0.6 is 11.6 Å². The zero-order chi connectivity index (χ0) is 13.1. The molecule has 2 atom stereocenters. The highest BCUT2D eigenvalue weighted by Crippen LogP contribution is 2.28. The predicted molar refractivity (Wildman–Crippen MR) is 65.9 cm³/mol. The van der Waals surface area contributed by atoms with E-state index < -0.39 is 12.2 Å². The molecular formula is C12H14ClNO4. The van der Waals surface area contributed by atoms with Crippen LogP contribution in [0.3, 0.4) is 0 Å². The molecule has 6 heteroatoms. The van der Waals surface area contributed by atoms with E-state index in [2.05, 4.69) is 5.32 Å². The van der Waals surface area contributed by atoms with Gasteiger partial charge in [-0.2, -0.15) is 0 Å². The maximum absolute atomic E-state index is 10.8. The second-order valence-electron chi connectivity index (χ2n) is 4.09. The number of hydrogen-bond donors (Lipinski definition) is 2. The van der Waals surface area contributed by atoms with E-state index in [0.717, 1.165) is 5.56 Å². The quantitative estimate of drug-likeness (QED) is 0.877. The monoisotopic (exact) mass is 271 g/mol. The van der Waals surface area contributed by atoms with Gasteiger partial charge in [0.05, 0.1) is 17.7 Å². The third kappa shape index (κ3) is 3.05. The summed E-state index contributed by atoms with van der Waals surface area (Å²) in [6.07, 6.45) is -1.30. The Morgan fingerprint density at radius 1 is 1.67 bits per heavy atom. The van der Waals surface area contributed by atoms with E-state index in [4.69, 9.17) is 21.1 Å². The molecule has 1 fully saturated rings. The minimum atomic E-state index is -0.573. The standard InChI is InChI=1S/C12H14ClNO4/c1-7(15)8-2-3-11(10(13)4-8)17-6-9-5-14-12(16)18-9/h2-4,7,9,15H,5-6H2,1H3,(H,14,16). The number of nitrogens with one attached hydrogen (secondary N) is 1. The molecular weight excluding hydrogens is 258 g/mol. The summed E-state index contributed by atoms with van der Waals surface area (Å²) in [6.45, 7) is 2.34. The van der Waals surface area contributed by atoms with Crippen LogP contribution in [0.15, 0.2) is 18.2 Å². The molecule has 1 aliphatic heterocycles. The van der Waals surface area contributed by atoms with Crippen LogP contribution in [0.25, 0.3) is 0 Å². The molecule has 0 spiro atoms. The first kappa shape index (κ1) is 13.0. The average molecular weight is 272 g/mol. The number of carbonyl (C=O) groups excluding carboxylic acids is 1. The minimum absolute atomic E-state index is 0.243. The normalized spacial score (nSPS) is 20.2. The van der Waals surface area contributed by atoms with Crippen molar-refractivity contribution in [3.8, 4) is 5.75 Å². The minimum Gasteiger partial charge on any atom is -0.488 e. The first-order valence-corrected chi connectivity index (χ1v) is 5.99. The Balaban J connectivity index is 1.95. The third-order valence-electron chi connectivity index (χ3n) is 2.61. The number of carbonyl (C=O) groups is 1. The van der Waals surface area contributed by atoms with Crippen molar-refractivity contribution >= 4 is 17.7 Å². The van der Waals surface area contributed by atoms with E-state index in [9.17, 15) is 9.90 Å². The summed E-state index contributed by atoms with van der Waals surface area (Å²) in [5, 5.41) is 12.4. The van der Waals surface area contributed by atoms with Crippen molar-refractivity contribution < 1.29 is 19.4 Å². The number of rotatable bonds is 4. The molecule has 5 nitrogen and oxygen atoms in total. The molecule has 1 amide bonds. The van der Waals surface area contributed by atoms with Gasteiger partial charge in [0.15, 0.2) is 6.10 Å². The number of amides is 1. The summed E-state index contributed by atoms with van der Waals surface area (Å²) >= 11 is 6.03. The van der Waals surface area contributed by atoms with E-state index in [-0.39, 0.29) is 12.7 Å². The van der Waals surface area contributed by atoms with Gasteiger partial charge in [-0.3, -0.25) is 0 Å². The highest BCUT2D eigenvalue weighted by Gasteiger charge is 2.23. The summed E-state index contributed by atoms with van der Waals surface area (Å²) in [6, 6.07) is 5.08. The number of hydrogen-bond acceptors (Lipinski definition) is 4. The molecule has 1 saturated heterocycles. The molecule has 0 aliphatic carbocycles. The van der Waals surface area contributed by atoms with Gasteiger partial charge in [0.2, 0.25) is 0 Å². The average Bonchev–Trinajstić information content (AvgIpc) is 2.73. The Kier molecular flexibility index (Phi) is 3.93. The Bertz CT molecular complexity index is 450. The molecule has 98 valence electrons. The lowest BCUT2D eigenvalue weighted by molar-refractivity contribution is 0.105. The summed E-state index contributed by atoms with van der Waals surface area (Å²) in [4.78, 5) is 10.8. The number of benzene rings is 1. The van der Waals surface area contributed by atoms with Crippen LogP contribution in [-0.2, 0) is 4.74 Å². The number of ether oxygens (including phenoxy) is 2. The Morgan fingerprint density at radius 2 is 2.44 bits per heavy atom. The van der Waals surface area contributed by atoms with Crippen LogP contribution < -0.4 is 10.1 Å². The molecule has 1 aliphatic rings. The van der Waals surface area contributed by atoms with Crippen LogP contribution in [0.5, 0.6) is 5.75 Å². The van der Waals surface area contributed by atoms with Crippen LogP contribution in [0.1, 0.15) is 18.6 Å². The smallest absolute Gasteiger partial charge is 0.407 e. The van der Waals surface area contributed by atoms with Gasteiger partial charge >= 0.3 is 6.09 Å². The van der Waals surface area contributed by atoms with Gasteiger partial charge < -0.3 is 19.9 Å². The maximum atomic E-state index is 10.8. The van der Waals surface area contributed by atoms with E-state index in [1.54, 1.807) is 25.1 Å². The van der Waals surface area contributed by atoms with Crippen molar-refractivity contribution in [1.82, 2.24) is 5.32 Å². The molecule has 1 aromatic carbocycles. The van der Waals surface area contributed by atoms with Crippen molar-refractivity contribution in [2.75, 3.05) is 13.2 Å². The van der Waals surface area contributed by atoms with Gasteiger partial charge in [0, 0.05) is 0 Å². The molecule has 0 aromatic heterocycles. The SMILES string of the molecule is CC(O)c1ccc(OCC2CNC(=O)O2)c(Cl)c1. The number of aliphatic hydroxyl groups is 1. The summed E-state index contributed by atoms with van der Waals surface area (Å²) in [7, 11) is 0. The van der Waals surface area contributed by atoms with Crippen molar-refractivity contribution in [3.63, 3.8) is 0 Å². The molecule has 2 unspecified atom stereocenters. The number of alkyl carbamates (subject to hydrolysis) is 1. The van der Waals surface area contributed by atoms with Crippen LogP contribution in [0, 0.1) is 0 Å². The van der Waals surface area contributed by atoms with Crippen molar-refractivity contribution in [3.05, 3.63) is 28.8 Å². The molecule has 0 bridgehead atoms. The number of aliphatic hydroxyl groups excluding tert-OH is 1. The van der Waals surface area contributed by atoms with E-state index >= 15 is 0 Å². The van der Waals surface area contributed by atoms with Gasteiger partial charge in [0.25, 0.3) is 0 Å². The molecule has 18 heavy (non-hydrogen) atoms. The predicted octanol–water partition coefficient (Wildman–Crippen LogP) is 1.88. The largest absolute Gasteiger partial charge is 0.488 e. The van der Waals surface area contributed by atoms with E-state index in [1.165, 1.54) is 0 Å². The lowest BCUT2D eigenvalue weighted by atomic mass is 10.1. The molecule has 0 saturated carbocycles. The fraction of sp³-hybridized carbons (Fsp3) is 0.417. The number of cyclic esters (lactones) is 1. The Morgan fingerprint density at radius 3 is 3.00 bits per heavy atom. The zero-order valence-corrected chi connectivity index (χ0v) is 10.6. The fourth-order valence-corrected chi connectivity index (χ4v) is 1.85. The van der Waals surface area contributed by atoms with Gasteiger partial charge in [0.1, 0.15) is 12.4 Å². The van der Waals surface area contributed by atoms with Crippen LogP contribution in [0.4, 0.5) is 4.79 Å². The first-order chi connectivity index (χ1) is 8.56. The molecule has 1 heterocycles. The van der Waals surface area contributed by atoms with E-state index in [0.29, 0.717) is 17.3 Å². The maximum Gasteiger partial charge on any atom is 0.407 e. The van der Waals surface area contributed by atoms with Gasteiger partial charge in [-0.05, 0) is 24.6 Å². The highest BCUT2D eigenvalue weighted by molar-refractivity contribution is 6.32. The summed E-state index contributed by atoms with van der Waals surface area (Å²) in [5.74, 6) is 0.504. The topological polar surface area (TPSA) is 67.8 Å². The fourth-order valence-electron chi connectivity index (χ4n) is 1.60. The van der Waals surface area contributed by atoms with Gasteiger partial charge in [-0.1, -0.05) is 17.7 Å². The van der Waals surface area contributed by atoms with Crippen molar-refractivity contribution in [2.45, 2.75) is 19.1 Å². The first-order valence-electron chi connectivity index (χ1n) is 5.61. The molecule has 0 radical (unpaired) electrons. The third-order valence-corrected chi connectivity index (χ3v) is 2.91. The Labute approximate surface area is 110 Å². The second kappa shape index (κ2) is 5.46. The van der Waals surface area contributed by atoms with Gasteiger partial charge in [-0.15, -0.1) is 0 Å². The number of halogens is 1. The zero-order valence-electron chi connectivity index (χ0n) is 9.85. The molecule has 2 rings (SSSR count). The lowest BCUT2D eigenvalue weighted by Gasteiger charge is -2.13. The van der Waals surface area contributed by atoms with E-state index in [1.807, 2.05) is 0 Å².